The van der Waals surface area contributed by atoms with Gasteiger partial charge in [0.05, 0.1) is 5.56 Å². The molecule has 0 heterocycles. The largest absolute Gasteiger partial charge is 0.454 e. The summed E-state index contributed by atoms with van der Waals surface area (Å²) in [5, 5.41) is 2.21. The topological polar surface area (TPSA) is 75.7 Å². The highest BCUT2D eigenvalue weighted by Crippen LogP contribution is 2.09. The summed E-state index contributed by atoms with van der Waals surface area (Å²) in [6.07, 6.45) is 0. The van der Waals surface area contributed by atoms with Gasteiger partial charge in [0, 0.05) is 19.2 Å². The minimum atomic E-state index is -0.854. The maximum Gasteiger partial charge on any atom is 0.325 e. The van der Waals surface area contributed by atoms with Gasteiger partial charge in [-0.2, -0.15) is 0 Å². The van der Waals surface area contributed by atoms with Crippen LogP contribution >= 0.6 is 0 Å². The monoisotopic (exact) mass is 376 g/mol. The summed E-state index contributed by atoms with van der Waals surface area (Å²) in [6, 6.07) is 11.3. The van der Waals surface area contributed by atoms with E-state index in [0.29, 0.717) is 5.56 Å². The number of benzene rings is 2. The number of rotatable bonds is 7. The summed E-state index contributed by atoms with van der Waals surface area (Å²) in [6.45, 7) is -1.05. The van der Waals surface area contributed by atoms with E-state index >= 15 is 0 Å². The molecule has 0 aliphatic heterocycles. The quantitative estimate of drug-likeness (QED) is 0.749. The molecule has 0 unspecified atom stereocenters. The number of halogens is 2. The van der Waals surface area contributed by atoms with E-state index in [9.17, 15) is 23.2 Å². The molecule has 0 aliphatic carbocycles. The normalized spacial score (nSPS) is 10.2. The van der Waals surface area contributed by atoms with Crippen LogP contribution in [0.15, 0.2) is 48.5 Å². The zero-order valence-electron chi connectivity index (χ0n) is 14.6. The summed E-state index contributed by atoms with van der Waals surface area (Å²) < 4.78 is 31.8. The Bertz CT molecular complexity index is 842. The molecule has 0 aliphatic rings. The molecule has 142 valence electrons. The SMILES string of the molecule is CN(Cc1ccccc1F)C(=O)COC(=O)CNC(=O)c1ccccc1F. The number of nitrogens with one attached hydrogen (secondary N) is 1. The van der Waals surface area contributed by atoms with E-state index in [2.05, 4.69) is 5.32 Å². The van der Waals surface area contributed by atoms with Crippen molar-refractivity contribution in [2.45, 2.75) is 6.54 Å². The summed E-state index contributed by atoms with van der Waals surface area (Å²) in [7, 11) is 1.45. The second kappa shape index (κ2) is 9.42. The van der Waals surface area contributed by atoms with Crippen LogP contribution in [0.25, 0.3) is 0 Å². The van der Waals surface area contributed by atoms with Gasteiger partial charge < -0.3 is 15.0 Å². The third kappa shape index (κ3) is 5.88. The maximum atomic E-state index is 13.6. The van der Waals surface area contributed by atoms with Crippen molar-refractivity contribution in [3.8, 4) is 0 Å². The van der Waals surface area contributed by atoms with Crippen LogP contribution in [-0.4, -0.2) is 42.9 Å². The van der Waals surface area contributed by atoms with E-state index < -0.39 is 42.6 Å². The molecule has 6 nitrogen and oxygen atoms in total. The third-order valence-electron chi connectivity index (χ3n) is 3.66. The van der Waals surface area contributed by atoms with Gasteiger partial charge in [0.25, 0.3) is 11.8 Å². The highest BCUT2D eigenvalue weighted by atomic mass is 19.1. The second-order valence-corrected chi connectivity index (χ2v) is 5.66. The van der Waals surface area contributed by atoms with Crippen molar-refractivity contribution < 1.29 is 27.9 Å². The second-order valence-electron chi connectivity index (χ2n) is 5.66. The lowest BCUT2D eigenvalue weighted by atomic mass is 10.2. The van der Waals surface area contributed by atoms with Gasteiger partial charge in [0.2, 0.25) is 0 Å². The van der Waals surface area contributed by atoms with Crippen LogP contribution in [0, 0.1) is 11.6 Å². The first-order valence-corrected chi connectivity index (χ1v) is 8.04. The Morgan fingerprint density at radius 1 is 1.00 bits per heavy atom. The average molecular weight is 376 g/mol. The fraction of sp³-hybridized carbons (Fsp3) is 0.211. The first-order valence-electron chi connectivity index (χ1n) is 8.04. The number of carbonyl (C=O) groups is 3. The Balaban J connectivity index is 1.76. The van der Waals surface area contributed by atoms with Crippen LogP contribution in [-0.2, 0) is 20.9 Å². The van der Waals surface area contributed by atoms with E-state index in [1.807, 2.05) is 0 Å². The van der Waals surface area contributed by atoms with E-state index in [-0.39, 0.29) is 12.1 Å². The van der Waals surface area contributed by atoms with Crippen molar-refractivity contribution in [1.82, 2.24) is 10.2 Å². The van der Waals surface area contributed by atoms with Crippen LogP contribution in [0.3, 0.4) is 0 Å². The number of carbonyl (C=O) groups excluding carboxylic acids is 3. The number of hydrogen-bond donors (Lipinski definition) is 1. The lowest BCUT2D eigenvalue weighted by molar-refractivity contribution is -0.150. The van der Waals surface area contributed by atoms with Gasteiger partial charge in [-0.15, -0.1) is 0 Å². The molecule has 2 rings (SSSR count). The molecule has 0 radical (unpaired) electrons. The van der Waals surface area contributed by atoms with E-state index in [1.54, 1.807) is 12.1 Å². The molecule has 0 fully saturated rings. The molecule has 27 heavy (non-hydrogen) atoms. The standard InChI is InChI=1S/C19H18F2N2O4/c1-23(11-13-6-2-4-8-15(13)20)17(24)12-27-18(25)10-22-19(26)14-7-3-5-9-16(14)21/h2-9H,10-12H2,1H3,(H,22,26). The van der Waals surface area contributed by atoms with Crippen LogP contribution in [0.1, 0.15) is 15.9 Å². The van der Waals surface area contributed by atoms with Crippen LogP contribution < -0.4 is 5.32 Å². The molecular weight excluding hydrogens is 358 g/mol. The molecule has 0 aromatic heterocycles. The van der Waals surface area contributed by atoms with Gasteiger partial charge in [-0.25, -0.2) is 8.78 Å². The van der Waals surface area contributed by atoms with Crippen molar-refractivity contribution in [1.29, 1.82) is 0 Å². The number of ether oxygens (including phenoxy) is 1. The summed E-state index contributed by atoms with van der Waals surface area (Å²) >= 11 is 0. The van der Waals surface area contributed by atoms with Crippen molar-refractivity contribution in [3.05, 3.63) is 71.3 Å². The minimum Gasteiger partial charge on any atom is -0.454 e. The first kappa shape index (κ1) is 20.0. The van der Waals surface area contributed by atoms with Crippen molar-refractivity contribution in [2.24, 2.45) is 0 Å². The molecule has 0 atom stereocenters. The van der Waals surface area contributed by atoms with Crippen molar-refractivity contribution in [2.75, 3.05) is 20.2 Å². The van der Waals surface area contributed by atoms with Crippen molar-refractivity contribution in [3.63, 3.8) is 0 Å². The lowest BCUT2D eigenvalue weighted by Crippen LogP contribution is -2.35. The number of amides is 2. The van der Waals surface area contributed by atoms with Gasteiger partial charge in [-0.05, 0) is 18.2 Å². The Hall–Kier alpha value is -3.29. The van der Waals surface area contributed by atoms with Crippen LogP contribution in [0.4, 0.5) is 8.78 Å². The molecule has 0 spiro atoms. The van der Waals surface area contributed by atoms with Gasteiger partial charge in [0.1, 0.15) is 18.2 Å². The maximum absolute atomic E-state index is 13.6. The molecule has 0 saturated heterocycles. The van der Waals surface area contributed by atoms with Gasteiger partial charge in [-0.3, -0.25) is 14.4 Å². The molecular formula is C19H18F2N2O4. The summed E-state index contributed by atoms with van der Waals surface area (Å²) in [5.74, 6) is -3.31. The van der Waals surface area contributed by atoms with Gasteiger partial charge in [0.15, 0.2) is 6.61 Å². The highest BCUT2D eigenvalue weighted by Gasteiger charge is 2.16. The van der Waals surface area contributed by atoms with Gasteiger partial charge in [-0.1, -0.05) is 30.3 Å². The third-order valence-corrected chi connectivity index (χ3v) is 3.66. The summed E-state index contributed by atoms with van der Waals surface area (Å²) in [4.78, 5) is 36.6. The van der Waals surface area contributed by atoms with Crippen LogP contribution in [0.5, 0.6) is 0 Å². The Morgan fingerprint density at radius 2 is 1.63 bits per heavy atom. The van der Waals surface area contributed by atoms with E-state index in [0.717, 1.165) is 6.07 Å². The zero-order chi connectivity index (χ0) is 19.8. The van der Waals surface area contributed by atoms with E-state index in [1.165, 1.54) is 42.3 Å². The molecule has 0 bridgehead atoms. The number of hydrogen-bond acceptors (Lipinski definition) is 4. The number of likely N-dealkylation sites (N-methyl/N-ethyl adjacent to an activating group) is 1. The van der Waals surface area contributed by atoms with E-state index in [4.69, 9.17) is 4.74 Å². The molecule has 1 N–H and O–H groups in total. The number of esters is 1. The Labute approximate surface area is 154 Å². The zero-order valence-corrected chi connectivity index (χ0v) is 14.6. The Kier molecular flexibility index (Phi) is 6.99. The Morgan fingerprint density at radius 3 is 2.30 bits per heavy atom. The first-order chi connectivity index (χ1) is 12.9. The predicted octanol–water partition coefficient (Wildman–Crippen LogP) is 1.90. The molecule has 2 aromatic rings. The molecule has 2 aromatic carbocycles. The fourth-order valence-electron chi connectivity index (χ4n) is 2.17. The van der Waals surface area contributed by atoms with Gasteiger partial charge >= 0.3 is 5.97 Å². The summed E-state index contributed by atoms with van der Waals surface area (Å²) in [5.41, 5.74) is 0.128. The molecule has 8 heteroatoms. The average Bonchev–Trinajstić information content (AvgIpc) is 2.66. The van der Waals surface area contributed by atoms with Crippen molar-refractivity contribution >= 4 is 17.8 Å². The van der Waals surface area contributed by atoms with Crippen LogP contribution in [0.2, 0.25) is 0 Å². The number of nitrogens with zero attached hydrogens (tertiary/aromatic N) is 1. The molecule has 2 amide bonds. The minimum absolute atomic E-state index is 0.0209. The smallest absolute Gasteiger partial charge is 0.325 e. The lowest BCUT2D eigenvalue weighted by Gasteiger charge is -2.17. The molecule has 0 saturated carbocycles. The predicted molar refractivity (Wildman–Crippen MR) is 92.6 cm³/mol. The fourth-order valence-corrected chi connectivity index (χ4v) is 2.17. The highest BCUT2D eigenvalue weighted by molar-refractivity contribution is 5.96.